The third-order valence-corrected chi connectivity index (χ3v) is 10.5. The second-order valence-corrected chi connectivity index (χ2v) is 11.9. The van der Waals surface area contributed by atoms with Crippen molar-refractivity contribution in [2.24, 2.45) is 34.5 Å². The lowest BCUT2D eigenvalue weighted by Crippen LogP contribution is -2.54. The summed E-state index contributed by atoms with van der Waals surface area (Å²) >= 11 is 0. The van der Waals surface area contributed by atoms with Crippen LogP contribution in [-0.2, 0) is 0 Å². The maximum absolute atomic E-state index is 11.6. The van der Waals surface area contributed by atoms with Gasteiger partial charge in [0.15, 0.2) is 11.5 Å². The number of hydrogen-bond donors (Lipinski definition) is 2. The molecule has 4 saturated carbocycles. The number of fused-ring (bicyclic) bond motifs is 6. The smallest absolute Gasteiger partial charge is 0.231 e. The Morgan fingerprint density at radius 1 is 1.00 bits per heavy atom. The first-order chi connectivity index (χ1) is 15.8. The van der Waals surface area contributed by atoms with Gasteiger partial charge in [0.05, 0.1) is 19.3 Å². The monoisotopic (exact) mass is 454 g/mol. The second kappa shape index (κ2) is 7.64. The molecule has 8 atom stereocenters. The van der Waals surface area contributed by atoms with Gasteiger partial charge < -0.3 is 24.4 Å². The first-order valence-corrected chi connectivity index (χ1v) is 12.9. The molecule has 33 heavy (non-hydrogen) atoms. The summed E-state index contributed by atoms with van der Waals surface area (Å²) in [5, 5.41) is 21.8. The summed E-state index contributed by atoms with van der Waals surface area (Å²) in [6, 6.07) is 3.98. The van der Waals surface area contributed by atoms with Crippen LogP contribution < -0.4 is 14.2 Å². The van der Waals surface area contributed by atoms with E-state index in [0.717, 1.165) is 49.2 Å². The zero-order chi connectivity index (χ0) is 23.0. The van der Waals surface area contributed by atoms with Gasteiger partial charge in [-0.1, -0.05) is 19.9 Å². The largest absolute Gasteiger partial charge is 0.493 e. The first-order valence-electron chi connectivity index (χ1n) is 12.9. The molecule has 8 unspecified atom stereocenters. The van der Waals surface area contributed by atoms with Gasteiger partial charge in [0.2, 0.25) is 12.5 Å². The highest BCUT2D eigenvalue weighted by Crippen LogP contribution is 2.67. The molecule has 4 fully saturated rings. The van der Waals surface area contributed by atoms with E-state index in [1.165, 1.54) is 19.3 Å². The van der Waals surface area contributed by atoms with E-state index in [1.807, 2.05) is 12.1 Å². The van der Waals surface area contributed by atoms with Gasteiger partial charge in [-0.3, -0.25) is 0 Å². The number of ether oxygens (including phenoxy) is 3. The highest BCUT2D eigenvalue weighted by atomic mass is 16.7. The van der Waals surface area contributed by atoms with Gasteiger partial charge in [-0.2, -0.15) is 0 Å². The molecule has 0 radical (unpaired) electrons. The lowest BCUT2D eigenvalue weighted by atomic mass is 9.45. The molecule has 4 aliphatic carbocycles. The number of rotatable bonds is 2. The van der Waals surface area contributed by atoms with Gasteiger partial charge in [0.25, 0.3) is 0 Å². The molecule has 0 spiro atoms. The van der Waals surface area contributed by atoms with E-state index < -0.39 is 6.10 Å². The highest BCUT2D eigenvalue weighted by Gasteiger charge is 2.61. The molecular weight excluding hydrogens is 416 g/mol. The third-order valence-electron chi connectivity index (χ3n) is 10.5. The maximum Gasteiger partial charge on any atom is 0.231 e. The molecule has 5 heteroatoms. The number of methoxy groups -OCH3 is 1. The fraction of sp³-hybridized carbons (Fsp3) is 0.714. The molecule has 1 aromatic carbocycles. The van der Waals surface area contributed by atoms with Crippen molar-refractivity contribution in [3.8, 4) is 17.2 Å². The summed E-state index contributed by atoms with van der Waals surface area (Å²) in [4.78, 5) is 0. The van der Waals surface area contributed by atoms with E-state index in [-0.39, 0.29) is 18.3 Å². The standard InChI is InChI=1S/C28H38O5/c1-27-8-6-19(29)14-18(27)4-5-20-21(27)7-9-28(2)22(20)13-17(26(28)30)10-16-11-23(31-3)25-24(12-16)32-15-33-25/h10-12,18-22,26,29-30H,4-9,13-15H2,1-3H3. The van der Waals surface area contributed by atoms with Crippen molar-refractivity contribution in [1.29, 1.82) is 0 Å². The minimum absolute atomic E-state index is 0.0508. The van der Waals surface area contributed by atoms with Crippen molar-refractivity contribution in [3.63, 3.8) is 0 Å². The SMILES string of the molecule is COc1cc(C=C2CC3C4CCC5CC(O)CCC5(C)C4CCC3(C)C2O)cc2c1OCO2. The second-order valence-electron chi connectivity index (χ2n) is 11.9. The van der Waals surface area contributed by atoms with Crippen LogP contribution >= 0.6 is 0 Å². The molecule has 0 aromatic heterocycles. The topological polar surface area (TPSA) is 68.2 Å². The summed E-state index contributed by atoms with van der Waals surface area (Å²) in [6.07, 6.45) is 10.5. The van der Waals surface area contributed by atoms with Crippen LogP contribution in [0.15, 0.2) is 17.7 Å². The summed E-state index contributed by atoms with van der Waals surface area (Å²) in [7, 11) is 1.65. The Labute approximate surface area is 197 Å². The number of aliphatic hydroxyl groups is 2. The molecule has 0 bridgehead atoms. The summed E-state index contributed by atoms with van der Waals surface area (Å²) in [5.74, 6) is 4.64. The zero-order valence-corrected chi connectivity index (χ0v) is 20.2. The van der Waals surface area contributed by atoms with Crippen LogP contribution in [0.3, 0.4) is 0 Å². The van der Waals surface area contributed by atoms with Crippen molar-refractivity contribution in [2.45, 2.75) is 77.4 Å². The molecule has 5 aliphatic rings. The Balaban J connectivity index is 1.30. The van der Waals surface area contributed by atoms with Crippen LogP contribution in [0.4, 0.5) is 0 Å². The van der Waals surface area contributed by atoms with Gasteiger partial charge >= 0.3 is 0 Å². The lowest BCUT2D eigenvalue weighted by molar-refractivity contribution is -0.133. The van der Waals surface area contributed by atoms with Crippen molar-refractivity contribution in [1.82, 2.24) is 0 Å². The molecule has 2 N–H and O–H groups in total. The van der Waals surface area contributed by atoms with Crippen LogP contribution in [0.5, 0.6) is 17.2 Å². The van der Waals surface area contributed by atoms with Crippen LogP contribution in [-0.4, -0.2) is 36.3 Å². The molecule has 180 valence electrons. The Morgan fingerprint density at radius 3 is 2.64 bits per heavy atom. The van der Waals surface area contributed by atoms with Gasteiger partial charge in [-0.05, 0) is 104 Å². The molecule has 0 saturated heterocycles. The van der Waals surface area contributed by atoms with E-state index in [1.54, 1.807) is 7.11 Å². The minimum atomic E-state index is -0.404. The Kier molecular flexibility index (Phi) is 5.05. The minimum Gasteiger partial charge on any atom is -0.493 e. The quantitative estimate of drug-likeness (QED) is 0.644. The van der Waals surface area contributed by atoms with E-state index in [4.69, 9.17) is 14.2 Å². The number of benzene rings is 1. The summed E-state index contributed by atoms with van der Waals surface area (Å²) < 4.78 is 16.7. The van der Waals surface area contributed by atoms with Gasteiger partial charge in [-0.25, -0.2) is 0 Å². The van der Waals surface area contributed by atoms with Crippen molar-refractivity contribution < 1.29 is 24.4 Å². The normalized spacial score (nSPS) is 44.8. The average molecular weight is 455 g/mol. The van der Waals surface area contributed by atoms with E-state index in [9.17, 15) is 10.2 Å². The van der Waals surface area contributed by atoms with Crippen molar-refractivity contribution in [3.05, 3.63) is 23.3 Å². The van der Waals surface area contributed by atoms with Crippen molar-refractivity contribution in [2.75, 3.05) is 13.9 Å². The van der Waals surface area contributed by atoms with Crippen LogP contribution in [0.2, 0.25) is 0 Å². The van der Waals surface area contributed by atoms with E-state index >= 15 is 0 Å². The first kappa shape index (κ1) is 21.8. The summed E-state index contributed by atoms with van der Waals surface area (Å²) in [5.41, 5.74) is 2.45. The molecule has 1 aliphatic heterocycles. The molecule has 1 aromatic rings. The highest BCUT2D eigenvalue weighted by molar-refractivity contribution is 5.65. The van der Waals surface area contributed by atoms with Crippen LogP contribution in [0.1, 0.15) is 70.8 Å². The Hall–Kier alpha value is -1.72. The van der Waals surface area contributed by atoms with E-state index in [0.29, 0.717) is 40.4 Å². The fourth-order valence-corrected chi connectivity index (χ4v) is 8.68. The molecule has 6 rings (SSSR count). The van der Waals surface area contributed by atoms with Gasteiger partial charge in [-0.15, -0.1) is 0 Å². The Morgan fingerprint density at radius 2 is 1.82 bits per heavy atom. The molecular formula is C28H38O5. The zero-order valence-electron chi connectivity index (χ0n) is 20.2. The van der Waals surface area contributed by atoms with Crippen LogP contribution in [0.25, 0.3) is 6.08 Å². The third kappa shape index (κ3) is 3.18. The number of hydrogen-bond acceptors (Lipinski definition) is 5. The predicted octanol–water partition coefficient (Wildman–Crippen LogP) is 5.18. The fourth-order valence-electron chi connectivity index (χ4n) is 8.68. The summed E-state index contributed by atoms with van der Waals surface area (Å²) in [6.45, 7) is 5.07. The van der Waals surface area contributed by atoms with Gasteiger partial charge in [0, 0.05) is 5.41 Å². The average Bonchev–Trinajstić information content (AvgIpc) is 3.37. The van der Waals surface area contributed by atoms with E-state index in [2.05, 4.69) is 19.9 Å². The predicted molar refractivity (Wildman–Crippen MR) is 126 cm³/mol. The van der Waals surface area contributed by atoms with Gasteiger partial charge in [0.1, 0.15) is 0 Å². The van der Waals surface area contributed by atoms with Crippen molar-refractivity contribution >= 4 is 6.08 Å². The molecule has 1 heterocycles. The number of aliphatic hydroxyl groups excluding tert-OH is 2. The Bertz CT molecular complexity index is 971. The molecule has 5 nitrogen and oxygen atoms in total. The molecule has 0 amide bonds. The maximum atomic E-state index is 11.6. The lowest BCUT2D eigenvalue weighted by Gasteiger charge is -2.60. The van der Waals surface area contributed by atoms with Crippen LogP contribution in [0, 0.1) is 34.5 Å².